The maximum Gasteiger partial charge on any atom is 0.332 e. The average Bonchev–Trinajstić information content (AvgIpc) is 2.56. The van der Waals surface area contributed by atoms with Crippen molar-refractivity contribution in [2.45, 2.75) is 19.4 Å². The lowest BCUT2D eigenvalue weighted by atomic mass is 10.2. The summed E-state index contributed by atoms with van der Waals surface area (Å²) >= 11 is 0. The van der Waals surface area contributed by atoms with Gasteiger partial charge in [-0.1, -0.05) is 25.1 Å². The molecule has 1 amide bonds. The Kier molecular flexibility index (Phi) is 5.00. The van der Waals surface area contributed by atoms with Gasteiger partial charge in [0.25, 0.3) is 11.5 Å². The van der Waals surface area contributed by atoms with Crippen LogP contribution in [0.3, 0.4) is 0 Å². The van der Waals surface area contributed by atoms with Crippen LogP contribution in [-0.2, 0) is 18.9 Å². The molecular formula is C16H19N3O4. The van der Waals surface area contributed by atoms with Gasteiger partial charge < -0.3 is 10.1 Å². The molecule has 2 aromatic rings. The first-order chi connectivity index (χ1) is 10.9. The Labute approximate surface area is 133 Å². The SMILES string of the molecule is CC[C@@H](Oc1ccccc1)C(=O)Nc1cc(=O)n(C)c(=O)n1C. The van der Waals surface area contributed by atoms with Crippen LogP contribution < -0.4 is 21.3 Å². The number of amides is 1. The molecule has 122 valence electrons. The smallest absolute Gasteiger partial charge is 0.332 e. The van der Waals surface area contributed by atoms with Gasteiger partial charge in [-0.05, 0) is 18.6 Å². The van der Waals surface area contributed by atoms with Crippen molar-refractivity contribution in [2.24, 2.45) is 14.1 Å². The Morgan fingerprint density at radius 2 is 1.83 bits per heavy atom. The molecule has 0 saturated carbocycles. The van der Waals surface area contributed by atoms with Crippen LogP contribution in [0.5, 0.6) is 5.75 Å². The van der Waals surface area contributed by atoms with E-state index in [0.29, 0.717) is 12.2 Å². The molecule has 23 heavy (non-hydrogen) atoms. The molecule has 0 fully saturated rings. The summed E-state index contributed by atoms with van der Waals surface area (Å²) in [6.07, 6.45) is -0.281. The molecule has 1 heterocycles. The normalized spacial score (nSPS) is 11.8. The lowest BCUT2D eigenvalue weighted by Gasteiger charge is -2.18. The first-order valence-corrected chi connectivity index (χ1v) is 7.23. The van der Waals surface area contributed by atoms with Crippen molar-refractivity contribution < 1.29 is 9.53 Å². The molecule has 0 spiro atoms. The highest BCUT2D eigenvalue weighted by Gasteiger charge is 2.20. The largest absolute Gasteiger partial charge is 0.481 e. The summed E-state index contributed by atoms with van der Waals surface area (Å²) in [6.45, 7) is 1.82. The average molecular weight is 317 g/mol. The third-order valence-corrected chi connectivity index (χ3v) is 3.46. The number of rotatable bonds is 5. The van der Waals surface area contributed by atoms with E-state index in [1.54, 1.807) is 12.1 Å². The van der Waals surface area contributed by atoms with Gasteiger partial charge in [-0.3, -0.25) is 18.7 Å². The Bertz CT molecular complexity index is 808. The van der Waals surface area contributed by atoms with Crippen LogP contribution >= 0.6 is 0 Å². The molecule has 7 heteroatoms. The third kappa shape index (κ3) is 3.68. The van der Waals surface area contributed by atoms with E-state index in [-0.39, 0.29) is 5.82 Å². The molecule has 0 aliphatic heterocycles. The molecule has 1 N–H and O–H groups in total. The van der Waals surface area contributed by atoms with E-state index < -0.39 is 23.3 Å². The Morgan fingerprint density at radius 3 is 2.43 bits per heavy atom. The topological polar surface area (TPSA) is 82.3 Å². The van der Waals surface area contributed by atoms with Gasteiger partial charge in [-0.2, -0.15) is 0 Å². The van der Waals surface area contributed by atoms with Gasteiger partial charge >= 0.3 is 5.69 Å². The summed E-state index contributed by atoms with van der Waals surface area (Å²) in [6, 6.07) is 10.2. The number of carbonyl (C=O) groups is 1. The molecule has 2 rings (SSSR count). The zero-order valence-electron chi connectivity index (χ0n) is 13.3. The van der Waals surface area contributed by atoms with Crippen molar-refractivity contribution in [3.8, 4) is 5.75 Å². The molecule has 7 nitrogen and oxygen atoms in total. The molecule has 1 aromatic heterocycles. The quantitative estimate of drug-likeness (QED) is 0.887. The zero-order valence-corrected chi connectivity index (χ0v) is 13.3. The maximum atomic E-state index is 12.3. The van der Waals surface area contributed by atoms with E-state index in [0.717, 1.165) is 4.57 Å². The molecule has 0 radical (unpaired) electrons. The van der Waals surface area contributed by atoms with Crippen LogP contribution in [0.25, 0.3) is 0 Å². The summed E-state index contributed by atoms with van der Waals surface area (Å²) in [5.74, 6) is 0.296. The van der Waals surface area contributed by atoms with E-state index >= 15 is 0 Å². The van der Waals surface area contributed by atoms with E-state index in [1.165, 1.54) is 24.7 Å². The number of anilines is 1. The number of aromatic nitrogens is 2. The summed E-state index contributed by atoms with van der Waals surface area (Å²) < 4.78 is 7.81. The fourth-order valence-corrected chi connectivity index (χ4v) is 2.05. The second-order valence-corrected chi connectivity index (χ2v) is 5.09. The minimum absolute atomic E-state index is 0.137. The Hall–Kier alpha value is -2.83. The number of nitrogens with zero attached hydrogens (tertiary/aromatic N) is 2. The first-order valence-electron chi connectivity index (χ1n) is 7.23. The minimum Gasteiger partial charge on any atom is -0.481 e. The van der Waals surface area contributed by atoms with Gasteiger partial charge in [0, 0.05) is 20.2 Å². The lowest BCUT2D eigenvalue weighted by Crippen LogP contribution is -2.40. The number of benzene rings is 1. The van der Waals surface area contributed by atoms with Gasteiger partial charge in [0.05, 0.1) is 0 Å². The molecule has 0 saturated heterocycles. The Morgan fingerprint density at radius 1 is 1.17 bits per heavy atom. The Balaban J connectivity index is 2.20. The summed E-state index contributed by atoms with van der Waals surface area (Å²) in [5.41, 5.74) is -0.995. The zero-order chi connectivity index (χ0) is 17.0. The number of ether oxygens (including phenoxy) is 1. The van der Waals surface area contributed by atoms with Gasteiger partial charge in [0.15, 0.2) is 6.10 Å². The fraction of sp³-hybridized carbons (Fsp3) is 0.312. The highest BCUT2D eigenvalue weighted by atomic mass is 16.5. The van der Waals surface area contributed by atoms with E-state index in [1.807, 2.05) is 25.1 Å². The van der Waals surface area contributed by atoms with Gasteiger partial charge in [0.1, 0.15) is 11.6 Å². The summed E-state index contributed by atoms with van der Waals surface area (Å²) in [7, 11) is 2.86. The number of para-hydroxylation sites is 1. The highest BCUT2D eigenvalue weighted by molar-refractivity contribution is 5.93. The number of carbonyl (C=O) groups excluding carboxylic acids is 1. The molecule has 0 bridgehead atoms. The van der Waals surface area contributed by atoms with Gasteiger partial charge in [-0.25, -0.2) is 4.79 Å². The molecule has 1 aromatic carbocycles. The van der Waals surface area contributed by atoms with Crippen LogP contribution in [-0.4, -0.2) is 21.1 Å². The monoisotopic (exact) mass is 317 g/mol. The molecule has 0 unspecified atom stereocenters. The highest BCUT2D eigenvalue weighted by Crippen LogP contribution is 2.13. The second kappa shape index (κ2) is 6.95. The predicted octanol–water partition coefficient (Wildman–Crippen LogP) is 0.880. The standard InChI is InChI=1S/C16H19N3O4/c1-4-12(23-11-8-6-5-7-9-11)15(21)17-13-10-14(20)19(3)16(22)18(13)2/h5-10,12H,4H2,1-3H3,(H,17,21)/t12-/m1/s1. The molecule has 0 aliphatic carbocycles. The van der Waals surface area contributed by atoms with Crippen molar-refractivity contribution in [3.63, 3.8) is 0 Å². The maximum absolute atomic E-state index is 12.3. The van der Waals surface area contributed by atoms with Crippen molar-refractivity contribution in [1.82, 2.24) is 9.13 Å². The van der Waals surface area contributed by atoms with Gasteiger partial charge in [-0.15, -0.1) is 0 Å². The van der Waals surface area contributed by atoms with Crippen LogP contribution in [0, 0.1) is 0 Å². The van der Waals surface area contributed by atoms with Crippen LogP contribution in [0.15, 0.2) is 46.0 Å². The lowest BCUT2D eigenvalue weighted by molar-refractivity contribution is -0.122. The molecular weight excluding hydrogens is 298 g/mol. The number of hydrogen-bond acceptors (Lipinski definition) is 4. The number of nitrogens with one attached hydrogen (secondary N) is 1. The van der Waals surface area contributed by atoms with Gasteiger partial charge in [0.2, 0.25) is 0 Å². The molecule has 1 atom stereocenters. The van der Waals surface area contributed by atoms with E-state index in [9.17, 15) is 14.4 Å². The summed E-state index contributed by atoms with van der Waals surface area (Å²) in [4.78, 5) is 35.9. The van der Waals surface area contributed by atoms with Crippen LogP contribution in [0.2, 0.25) is 0 Å². The van der Waals surface area contributed by atoms with Crippen LogP contribution in [0.1, 0.15) is 13.3 Å². The number of hydrogen-bond donors (Lipinski definition) is 1. The summed E-state index contributed by atoms with van der Waals surface area (Å²) in [5, 5.41) is 2.58. The molecule has 0 aliphatic rings. The van der Waals surface area contributed by atoms with Crippen molar-refractivity contribution in [1.29, 1.82) is 0 Å². The second-order valence-electron chi connectivity index (χ2n) is 5.09. The third-order valence-electron chi connectivity index (χ3n) is 3.46. The van der Waals surface area contributed by atoms with Crippen molar-refractivity contribution >= 4 is 11.7 Å². The minimum atomic E-state index is -0.725. The van der Waals surface area contributed by atoms with Crippen molar-refractivity contribution in [2.75, 3.05) is 5.32 Å². The van der Waals surface area contributed by atoms with Crippen LogP contribution in [0.4, 0.5) is 5.82 Å². The van der Waals surface area contributed by atoms with E-state index in [2.05, 4.69) is 5.32 Å². The predicted molar refractivity (Wildman–Crippen MR) is 86.7 cm³/mol. The van der Waals surface area contributed by atoms with Crippen molar-refractivity contribution in [3.05, 3.63) is 57.2 Å². The first kappa shape index (κ1) is 16.5. The fourth-order valence-electron chi connectivity index (χ4n) is 2.05. The van der Waals surface area contributed by atoms with E-state index in [4.69, 9.17) is 4.74 Å².